The van der Waals surface area contributed by atoms with Gasteiger partial charge in [0.25, 0.3) is 0 Å². The van der Waals surface area contributed by atoms with E-state index < -0.39 is 5.54 Å². The monoisotopic (exact) mass is 329 g/mol. The Balaban J connectivity index is 1.65. The highest BCUT2D eigenvalue weighted by Gasteiger charge is 2.38. The Kier molecular flexibility index (Phi) is 4.45. The van der Waals surface area contributed by atoms with E-state index in [0.717, 1.165) is 11.3 Å². The average molecular weight is 329 g/mol. The Morgan fingerprint density at radius 2 is 1.96 bits per heavy atom. The lowest BCUT2D eigenvalue weighted by Gasteiger charge is -2.21. The first-order chi connectivity index (χ1) is 11.6. The molecule has 1 unspecified atom stereocenters. The van der Waals surface area contributed by atoms with Crippen LogP contribution in [-0.2, 0) is 16.7 Å². The second kappa shape index (κ2) is 6.69. The maximum absolute atomic E-state index is 13.1. The van der Waals surface area contributed by atoms with Crippen molar-refractivity contribution in [2.75, 3.05) is 13.7 Å². The van der Waals surface area contributed by atoms with Gasteiger partial charge in [0.1, 0.15) is 5.82 Å². The highest BCUT2D eigenvalue weighted by molar-refractivity contribution is 5.88. The number of rotatable bonds is 5. The van der Waals surface area contributed by atoms with Gasteiger partial charge in [-0.3, -0.25) is 0 Å². The van der Waals surface area contributed by atoms with Crippen molar-refractivity contribution in [2.24, 2.45) is 15.4 Å². The molecule has 1 aromatic carbocycles. The van der Waals surface area contributed by atoms with Gasteiger partial charge in [0.05, 0.1) is 19.4 Å². The first-order valence-corrected chi connectivity index (χ1v) is 7.37. The first-order valence-electron chi connectivity index (χ1n) is 7.37. The number of nitrogens with zero attached hydrogens (tertiary/aromatic N) is 5. The zero-order valence-corrected chi connectivity index (χ0v) is 13.3. The fraction of sp³-hybridized carbons (Fsp3) is 0.312. The molecule has 1 aliphatic heterocycles. The summed E-state index contributed by atoms with van der Waals surface area (Å²) >= 11 is 0. The van der Waals surface area contributed by atoms with Crippen LogP contribution in [0.3, 0.4) is 0 Å². The molecule has 0 aliphatic carbocycles. The molecule has 0 saturated heterocycles. The number of ether oxygens (including phenoxy) is 2. The third-order valence-electron chi connectivity index (χ3n) is 3.67. The molecule has 24 heavy (non-hydrogen) atoms. The second-order valence-electron chi connectivity index (χ2n) is 5.31. The van der Waals surface area contributed by atoms with Gasteiger partial charge in [-0.25, -0.2) is 14.4 Å². The van der Waals surface area contributed by atoms with E-state index in [9.17, 15) is 4.39 Å². The van der Waals surface area contributed by atoms with Crippen molar-refractivity contribution in [3.8, 4) is 6.01 Å². The van der Waals surface area contributed by atoms with Crippen LogP contribution in [0.2, 0.25) is 0 Å². The van der Waals surface area contributed by atoms with Crippen molar-refractivity contribution >= 4 is 5.90 Å². The fourth-order valence-corrected chi connectivity index (χ4v) is 2.28. The summed E-state index contributed by atoms with van der Waals surface area (Å²) in [6, 6.07) is 8.14. The van der Waals surface area contributed by atoms with Gasteiger partial charge in [-0.05, 0) is 35.9 Å². The molecule has 7 nitrogen and oxygen atoms in total. The van der Waals surface area contributed by atoms with Gasteiger partial charge in [-0.2, -0.15) is 0 Å². The Bertz CT molecular complexity index is 778. The van der Waals surface area contributed by atoms with Crippen LogP contribution in [0.25, 0.3) is 0 Å². The number of halogens is 1. The van der Waals surface area contributed by atoms with E-state index in [0.29, 0.717) is 24.9 Å². The minimum absolute atomic E-state index is 0.311. The maximum atomic E-state index is 13.1. The lowest BCUT2D eigenvalue weighted by molar-refractivity contribution is 0.280. The van der Waals surface area contributed by atoms with Crippen molar-refractivity contribution in [1.29, 1.82) is 0 Å². The van der Waals surface area contributed by atoms with Gasteiger partial charge in [-0.1, -0.05) is 17.2 Å². The smallest absolute Gasteiger partial charge is 0.316 e. The van der Waals surface area contributed by atoms with E-state index in [2.05, 4.69) is 25.4 Å². The summed E-state index contributed by atoms with van der Waals surface area (Å²) in [6.07, 6.45) is 2.18. The fourth-order valence-electron chi connectivity index (χ4n) is 2.28. The first kappa shape index (κ1) is 16.0. The molecule has 1 aliphatic rings. The number of hydrogen-bond acceptors (Lipinski definition) is 7. The number of aromatic nitrogens is 2. The summed E-state index contributed by atoms with van der Waals surface area (Å²) in [5, 5.41) is 11.8. The molecule has 3 rings (SSSR count). The Hall–Kier alpha value is -2.90. The van der Waals surface area contributed by atoms with Crippen molar-refractivity contribution in [1.82, 2.24) is 9.97 Å². The summed E-state index contributed by atoms with van der Waals surface area (Å²) < 4.78 is 23.8. The van der Waals surface area contributed by atoms with E-state index in [1.807, 2.05) is 6.92 Å². The molecule has 0 spiro atoms. The minimum atomic E-state index is -0.850. The number of benzene rings is 1. The molecule has 0 saturated carbocycles. The third-order valence-corrected chi connectivity index (χ3v) is 3.67. The van der Waals surface area contributed by atoms with E-state index >= 15 is 0 Å². The molecule has 124 valence electrons. The quantitative estimate of drug-likeness (QED) is 0.844. The molecule has 1 aromatic heterocycles. The highest BCUT2D eigenvalue weighted by atomic mass is 19.1. The summed E-state index contributed by atoms with van der Waals surface area (Å²) in [7, 11) is 1.51. The van der Waals surface area contributed by atoms with Crippen LogP contribution in [0.1, 0.15) is 18.2 Å². The van der Waals surface area contributed by atoms with Crippen molar-refractivity contribution in [2.45, 2.75) is 18.9 Å². The lowest BCUT2D eigenvalue weighted by Crippen LogP contribution is -2.30. The molecule has 0 fully saturated rings. The third kappa shape index (κ3) is 3.22. The van der Waals surface area contributed by atoms with Crippen LogP contribution in [0.15, 0.2) is 52.0 Å². The van der Waals surface area contributed by atoms with Gasteiger partial charge in [0, 0.05) is 12.6 Å². The molecule has 0 N–H and O–H groups in total. The summed E-state index contributed by atoms with van der Waals surface area (Å²) in [4.78, 5) is 8.17. The van der Waals surface area contributed by atoms with Gasteiger partial charge >= 0.3 is 6.01 Å². The molecule has 0 bridgehead atoms. The summed E-state index contributed by atoms with van der Waals surface area (Å²) in [6.45, 7) is 2.17. The SMILES string of the molecule is COc1nccc(CCOC2=NN=NC2(C)c2ccc(F)cc2)n1. The maximum Gasteiger partial charge on any atom is 0.316 e. The average Bonchev–Trinajstić information content (AvgIpc) is 2.98. The standard InChI is InChI=1S/C16H16FN5O2/c1-16(11-3-5-12(17)6-4-11)14(20-22-21-16)24-10-8-13-7-9-18-15(19-13)23-2/h3-7,9H,8,10H2,1-2H3. The highest BCUT2D eigenvalue weighted by Crippen LogP contribution is 2.32. The zero-order chi connectivity index (χ0) is 17.0. The summed E-state index contributed by atoms with van der Waals surface area (Å²) in [5.41, 5.74) is 0.697. The van der Waals surface area contributed by atoms with E-state index in [-0.39, 0.29) is 5.82 Å². The second-order valence-corrected chi connectivity index (χ2v) is 5.31. The lowest BCUT2D eigenvalue weighted by atomic mass is 9.93. The molecule has 0 amide bonds. The van der Waals surface area contributed by atoms with E-state index in [1.54, 1.807) is 24.4 Å². The normalized spacial score (nSPS) is 19.2. The van der Waals surface area contributed by atoms with Crippen LogP contribution in [0.4, 0.5) is 4.39 Å². The van der Waals surface area contributed by atoms with Crippen LogP contribution >= 0.6 is 0 Å². The van der Waals surface area contributed by atoms with Crippen molar-refractivity contribution in [3.63, 3.8) is 0 Å². The zero-order valence-electron chi connectivity index (χ0n) is 13.3. The van der Waals surface area contributed by atoms with Crippen LogP contribution in [-0.4, -0.2) is 29.6 Å². The largest absolute Gasteiger partial charge is 0.477 e. The van der Waals surface area contributed by atoms with E-state index in [4.69, 9.17) is 9.47 Å². The predicted octanol–water partition coefficient (Wildman–Crippen LogP) is 2.88. The molecular formula is C16H16FN5O2. The molecule has 1 atom stereocenters. The van der Waals surface area contributed by atoms with Crippen LogP contribution in [0.5, 0.6) is 6.01 Å². The minimum Gasteiger partial charge on any atom is -0.477 e. The molecule has 2 aromatic rings. The van der Waals surface area contributed by atoms with Gasteiger partial charge in [-0.15, -0.1) is 5.11 Å². The van der Waals surface area contributed by atoms with Crippen molar-refractivity contribution < 1.29 is 13.9 Å². The predicted molar refractivity (Wildman–Crippen MR) is 84.3 cm³/mol. The molecular weight excluding hydrogens is 313 g/mol. The number of methoxy groups -OCH3 is 1. The Morgan fingerprint density at radius 1 is 1.17 bits per heavy atom. The topological polar surface area (TPSA) is 81.3 Å². The molecule has 2 heterocycles. The van der Waals surface area contributed by atoms with Gasteiger partial charge in [0.15, 0.2) is 5.54 Å². The number of hydrogen-bond donors (Lipinski definition) is 0. The molecule has 8 heteroatoms. The van der Waals surface area contributed by atoms with E-state index in [1.165, 1.54) is 19.2 Å². The Labute approximate surface area is 138 Å². The van der Waals surface area contributed by atoms with Crippen LogP contribution in [0, 0.1) is 5.82 Å². The molecule has 0 radical (unpaired) electrons. The van der Waals surface area contributed by atoms with Crippen molar-refractivity contribution in [3.05, 3.63) is 53.6 Å². The van der Waals surface area contributed by atoms with Crippen LogP contribution < -0.4 is 4.74 Å². The summed E-state index contributed by atoms with van der Waals surface area (Å²) in [5.74, 6) is 0.0598. The van der Waals surface area contributed by atoms with Gasteiger partial charge < -0.3 is 9.47 Å². The van der Waals surface area contributed by atoms with Gasteiger partial charge in [0.2, 0.25) is 5.90 Å². The Morgan fingerprint density at radius 3 is 2.71 bits per heavy atom.